The van der Waals surface area contributed by atoms with Crippen molar-refractivity contribution in [1.29, 1.82) is 0 Å². The van der Waals surface area contributed by atoms with E-state index < -0.39 is 0 Å². The first kappa shape index (κ1) is 12.3. The first-order chi connectivity index (χ1) is 7.70. The van der Waals surface area contributed by atoms with Gasteiger partial charge in [-0.25, -0.2) is 0 Å². The minimum atomic E-state index is 0.189. The molecule has 0 saturated carbocycles. The van der Waals surface area contributed by atoms with Gasteiger partial charge in [-0.1, -0.05) is 0 Å². The Bertz CT molecular complexity index is 372. The van der Waals surface area contributed by atoms with Crippen LogP contribution in [0.5, 0.6) is 0 Å². The van der Waals surface area contributed by atoms with Gasteiger partial charge in [0.1, 0.15) is 0 Å². The van der Waals surface area contributed by atoms with Gasteiger partial charge in [-0.05, 0) is 48.5 Å². The van der Waals surface area contributed by atoms with Crippen molar-refractivity contribution in [2.24, 2.45) is 0 Å². The van der Waals surface area contributed by atoms with Crippen LogP contribution in [0.25, 0.3) is 0 Å². The van der Waals surface area contributed by atoms with E-state index in [1.165, 1.54) is 2.88 Å². The van der Waals surface area contributed by atoms with Crippen LogP contribution in [0.3, 0.4) is 0 Å². The molecular weight excluding hydrogens is 335 g/mol. The smallest absolute Gasteiger partial charge is 0.254 e. The lowest BCUT2D eigenvalue weighted by Crippen LogP contribution is -2.43. The predicted molar refractivity (Wildman–Crippen MR) is 75.0 cm³/mol. The number of likely N-dealkylation sites (tertiary alicyclic amines) is 1. The lowest BCUT2D eigenvalue weighted by Gasteiger charge is -2.31. The maximum Gasteiger partial charge on any atom is 0.254 e. The Morgan fingerprint density at radius 1 is 1.56 bits per heavy atom. The summed E-state index contributed by atoms with van der Waals surface area (Å²) in [5, 5.41) is 5.22. The molecule has 1 fully saturated rings. The standard InChI is InChI=1S/C11H15IN2OS/c1-13-9-2-4-14(5-3-9)11(15)8-6-10(12)16-7-8/h6-7,9,13H,2-5H2,1H3. The molecule has 2 heterocycles. The maximum absolute atomic E-state index is 12.1. The van der Waals surface area contributed by atoms with Crippen molar-refractivity contribution in [3.8, 4) is 0 Å². The molecule has 0 unspecified atom stereocenters. The Balaban J connectivity index is 1.96. The molecule has 1 aliphatic rings. The Hall–Kier alpha value is -0.140. The third kappa shape index (κ3) is 2.75. The quantitative estimate of drug-likeness (QED) is 0.830. The van der Waals surface area contributed by atoms with Crippen LogP contribution in [-0.2, 0) is 0 Å². The number of piperidine rings is 1. The van der Waals surface area contributed by atoms with Gasteiger partial charge in [-0.15, -0.1) is 11.3 Å². The molecule has 0 radical (unpaired) electrons. The number of amides is 1. The summed E-state index contributed by atoms with van der Waals surface area (Å²) in [4.78, 5) is 14.1. The number of thiophene rings is 1. The van der Waals surface area contributed by atoms with Gasteiger partial charge in [0.15, 0.2) is 0 Å². The summed E-state index contributed by atoms with van der Waals surface area (Å²) in [6.45, 7) is 1.74. The van der Waals surface area contributed by atoms with E-state index in [1.54, 1.807) is 11.3 Å². The van der Waals surface area contributed by atoms with Crippen LogP contribution in [0, 0.1) is 2.88 Å². The highest BCUT2D eigenvalue weighted by atomic mass is 127. The monoisotopic (exact) mass is 350 g/mol. The fourth-order valence-electron chi connectivity index (χ4n) is 1.98. The lowest BCUT2D eigenvalue weighted by atomic mass is 10.0. The topological polar surface area (TPSA) is 32.3 Å². The summed E-state index contributed by atoms with van der Waals surface area (Å²) in [6, 6.07) is 2.55. The van der Waals surface area contributed by atoms with Crippen LogP contribution in [0.1, 0.15) is 23.2 Å². The molecule has 0 atom stereocenters. The third-order valence-electron chi connectivity index (χ3n) is 3.00. The van der Waals surface area contributed by atoms with Gasteiger partial charge in [0, 0.05) is 24.5 Å². The summed E-state index contributed by atoms with van der Waals surface area (Å²) in [5.41, 5.74) is 0.845. The number of rotatable bonds is 2. The molecule has 1 N–H and O–H groups in total. The number of nitrogens with one attached hydrogen (secondary N) is 1. The van der Waals surface area contributed by atoms with E-state index in [9.17, 15) is 4.79 Å². The molecule has 1 amide bonds. The second kappa shape index (κ2) is 5.46. The molecule has 0 spiro atoms. The van der Waals surface area contributed by atoms with Crippen LogP contribution in [0.2, 0.25) is 0 Å². The van der Waals surface area contributed by atoms with Gasteiger partial charge in [-0.3, -0.25) is 4.79 Å². The molecule has 88 valence electrons. The molecule has 0 aromatic carbocycles. The minimum absolute atomic E-state index is 0.189. The van der Waals surface area contributed by atoms with Crippen molar-refractivity contribution in [3.05, 3.63) is 19.9 Å². The number of hydrogen-bond donors (Lipinski definition) is 1. The average Bonchev–Trinajstić information content (AvgIpc) is 2.75. The molecule has 1 saturated heterocycles. The van der Waals surface area contributed by atoms with Crippen LogP contribution < -0.4 is 5.32 Å². The fraction of sp³-hybridized carbons (Fsp3) is 0.545. The van der Waals surface area contributed by atoms with Crippen molar-refractivity contribution >= 4 is 39.8 Å². The molecule has 1 aromatic rings. The molecule has 0 bridgehead atoms. The highest BCUT2D eigenvalue weighted by Gasteiger charge is 2.23. The fourth-order valence-corrected chi connectivity index (χ4v) is 3.30. The second-order valence-electron chi connectivity index (χ2n) is 3.99. The van der Waals surface area contributed by atoms with E-state index in [4.69, 9.17) is 0 Å². The first-order valence-electron chi connectivity index (χ1n) is 5.41. The van der Waals surface area contributed by atoms with Crippen LogP contribution in [0.15, 0.2) is 11.4 Å². The summed E-state index contributed by atoms with van der Waals surface area (Å²) in [5.74, 6) is 0.189. The average molecular weight is 350 g/mol. The Kier molecular flexibility index (Phi) is 4.21. The first-order valence-corrected chi connectivity index (χ1v) is 7.37. The Morgan fingerprint density at radius 3 is 2.75 bits per heavy atom. The molecular formula is C11H15IN2OS. The predicted octanol–water partition coefficient (Wildman–Crippen LogP) is 2.18. The molecule has 1 aromatic heterocycles. The van der Waals surface area contributed by atoms with Gasteiger partial charge >= 0.3 is 0 Å². The molecule has 16 heavy (non-hydrogen) atoms. The number of hydrogen-bond acceptors (Lipinski definition) is 3. The summed E-state index contributed by atoms with van der Waals surface area (Å²) in [6.07, 6.45) is 2.12. The largest absolute Gasteiger partial charge is 0.339 e. The van der Waals surface area contributed by atoms with E-state index in [-0.39, 0.29) is 5.91 Å². The van der Waals surface area contributed by atoms with E-state index in [2.05, 4.69) is 27.9 Å². The van der Waals surface area contributed by atoms with Gasteiger partial charge < -0.3 is 10.2 Å². The summed E-state index contributed by atoms with van der Waals surface area (Å²) >= 11 is 3.88. The van der Waals surface area contributed by atoms with Gasteiger partial charge in [0.2, 0.25) is 0 Å². The van der Waals surface area contributed by atoms with Gasteiger partial charge in [0.05, 0.1) is 8.45 Å². The van der Waals surface area contributed by atoms with Crippen LogP contribution in [-0.4, -0.2) is 37.0 Å². The van der Waals surface area contributed by atoms with Crippen LogP contribution in [0.4, 0.5) is 0 Å². The molecule has 1 aliphatic heterocycles. The highest BCUT2D eigenvalue weighted by molar-refractivity contribution is 14.1. The van der Waals surface area contributed by atoms with Crippen molar-refractivity contribution in [2.45, 2.75) is 18.9 Å². The highest BCUT2D eigenvalue weighted by Crippen LogP contribution is 2.20. The minimum Gasteiger partial charge on any atom is -0.339 e. The lowest BCUT2D eigenvalue weighted by molar-refractivity contribution is 0.0708. The molecule has 3 nitrogen and oxygen atoms in total. The van der Waals surface area contributed by atoms with Crippen LogP contribution >= 0.6 is 33.9 Å². The molecule has 2 rings (SSSR count). The van der Waals surface area contributed by atoms with E-state index in [0.717, 1.165) is 31.5 Å². The molecule has 5 heteroatoms. The second-order valence-corrected chi connectivity index (χ2v) is 6.80. The number of carbonyl (C=O) groups excluding carboxylic acids is 1. The van der Waals surface area contributed by atoms with E-state index in [0.29, 0.717) is 6.04 Å². The van der Waals surface area contributed by atoms with Crippen molar-refractivity contribution in [2.75, 3.05) is 20.1 Å². The van der Waals surface area contributed by atoms with E-state index >= 15 is 0 Å². The Morgan fingerprint density at radius 2 is 2.25 bits per heavy atom. The zero-order chi connectivity index (χ0) is 11.5. The zero-order valence-corrected chi connectivity index (χ0v) is 12.2. The van der Waals surface area contributed by atoms with Crippen molar-refractivity contribution in [1.82, 2.24) is 10.2 Å². The Labute approximate surface area is 113 Å². The number of nitrogens with zero attached hydrogens (tertiary/aromatic N) is 1. The molecule has 0 aliphatic carbocycles. The summed E-state index contributed by atoms with van der Waals surface area (Å²) < 4.78 is 1.17. The van der Waals surface area contributed by atoms with E-state index in [1.807, 2.05) is 23.4 Å². The third-order valence-corrected chi connectivity index (χ3v) is 4.79. The van der Waals surface area contributed by atoms with Gasteiger partial charge in [-0.2, -0.15) is 0 Å². The van der Waals surface area contributed by atoms with Gasteiger partial charge in [0.25, 0.3) is 5.91 Å². The number of carbonyl (C=O) groups is 1. The SMILES string of the molecule is CNC1CCN(C(=O)c2csc(I)c2)CC1. The number of halogens is 1. The zero-order valence-electron chi connectivity index (χ0n) is 9.20. The van der Waals surface area contributed by atoms with Crippen molar-refractivity contribution in [3.63, 3.8) is 0 Å². The normalized spacial score (nSPS) is 17.8. The maximum atomic E-state index is 12.1. The van der Waals surface area contributed by atoms with Crippen molar-refractivity contribution < 1.29 is 4.79 Å². The summed E-state index contributed by atoms with van der Waals surface area (Å²) in [7, 11) is 1.99.